The molecule has 0 radical (unpaired) electrons. The topological polar surface area (TPSA) is 38.6 Å². The van der Waals surface area contributed by atoms with Gasteiger partial charge in [-0.25, -0.2) is 4.98 Å². The molecule has 0 fully saturated rings. The van der Waals surface area contributed by atoms with Crippen LogP contribution in [0.2, 0.25) is 0 Å². The van der Waals surface area contributed by atoms with Crippen molar-refractivity contribution in [2.24, 2.45) is 0 Å². The predicted molar refractivity (Wildman–Crippen MR) is 84.3 cm³/mol. The number of nitrogens with one attached hydrogen (secondary N) is 1. The molecule has 0 aliphatic heterocycles. The van der Waals surface area contributed by atoms with E-state index in [0.717, 1.165) is 24.6 Å². The molecule has 0 unspecified atom stereocenters. The van der Waals surface area contributed by atoms with Crippen LogP contribution < -0.4 is 5.32 Å². The molecule has 0 bridgehead atoms. The van der Waals surface area contributed by atoms with Crippen molar-refractivity contribution in [3.05, 3.63) is 66.0 Å². The summed E-state index contributed by atoms with van der Waals surface area (Å²) in [6.07, 6.45) is 3.77. The van der Waals surface area contributed by atoms with Crippen molar-refractivity contribution < 1.29 is 4.74 Å². The lowest BCUT2D eigenvalue weighted by Gasteiger charge is -2.12. The van der Waals surface area contributed by atoms with Gasteiger partial charge in [0, 0.05) is 25.5 Å². The molecule has 1 aromatic carbocycles. The molecule has 0 amide bonds. The molecular weight excluding hydrogens is 262 g/mol. The summed E-state index contributed by atoms with van der Waals surface area (Å²) < 4.78 is 7.57. The van der Waals surface area contributed by atoms with Crippen LogP contribution in [0.25, 0.3) is 5.65 Å². The number of hydrogen-bond acceptors (Lipinski definition) is 3. The first-order valence-corrected chi connectivity index (χ1v) is 7.19. The SMILES string of the molecule is CCOCc1ccccc1CNc1cccc2nccn12. The summed E-state index contributed by atoms with van der Waals surface area (Å²) in [6, 6.07) is 14.4. The number of benzene rings is 1. The lowest BCUT2D eigenvalue weighted by atomic mass is 10.1. The van der Waals surface area contributed by atoms with Gasteiger partial charge in [-0.15, -0.1) is 0 Å². The van der Waals surface area contributed by atoms with Gasteiger partial charge >= 0.3 is 0 Å². The van der Waals surface area contributed by atoms with Crippen LogP contribution in [0.4, 0.5) is 5.82 Å². The summed E-state index contributed by atoms with van der Waals surface area (Å²) in [5, 5.41) is 3.47. The Labute approximate surface area is 124 Å². The Morgan fingerprint density at radius 1 is 1.10 bits per heavy atom. The van der Waals surface area contributed by atoms with Crippen molar-refractivity contribution in [3.63, 3.8) is 0 Å². The van der Waals surface area contributed by atoms with Gasteiger partial charge in [-0.1, -0.05) is 30.3 Å². The van der Waals surface area contributed by atoms with Crippen LogP contribution in [0.15, 0.2) is 54.9 Å². The monoisotopic (exact) mass is 281 g/mol. The van der Waals surface area contributed by atoms with Crippen molar-refractivity contribution in [2.45, 2.75) is 20.1 Å². The van der Waals surface area contributed by atoms with Gasteiger partial charge < -0.3 is 10.1 Å². The van der Waals surface area contributed by atoms with E-state index in [4.69, 9.17) is 4.74 Å². The molecule has 21 heavy (non-hydrogen) atoms. The lowest BCUT2D eigenvalue weighted by molar-refractivity contribution is 0.133. The third-order valence-electron chi connectivity index (χ3n) is 3.47. The number of nitrogens with zero attached hydrogens (tertiary/aromatic N) is 2. The van der Waals surface area contributed by atoms with Crippen LogP contribution in [-0.2, 0) is 17.9 Å². The maximum Gasteiger partial charge on any atom is 0.138 e. The Balaban J connectivity index is 1.77. The van der Waals surface area contributed by atoms with Gasteiger partial charge in [0.1, 0.15) is 11.5 Å². The zero-order chi connectivity index (χ0) is 14.5. The largest absolute Gasteiger partial charge is 0.377 e. The molecule has 0 atom stereocenters. The minimum Gasteiger partial charge on any atom is -0.377 e. The first kappa shape index (κ1) is 13.6. The molecule has 0 saturated heterocycles. The maximum atomic E-state index is 5.53. The summed E-state index contributed by atoms with van der Waals surface area (Å²) in [5.41, 5.74) is 3.43. The normalized spacial score (nSPS) is 10.9. The Morgan fingerprint density at radius 2 is 1.95 bits per heavy atom. The fourth-order valence-corrected chi connectivity index (χ4v) is 2.36. The van der Waals surface area contributed by atoms with Gasteiger partial charge in [0.05, 0.1) is 6.61 Å². The Hall–Kier alpha value is -2.33. The third-order valence-corrected chi connectivity index (χ3v) is 3.47. The Bertz CT molecular complexity index is 721. The van der Waals surface area contributed by atoms with E-state index in [1.54, 1.807) is 0 Å². The zero-order valence-electron chi connectivity index (χ0n) is 12.1. The van der Waals surface area contributed by atoms with E-state index < -0.39 is 0 Å². The molecule has 0 aliphatic carbocycles. The van der Waals surface area contributed by atoms with E-state index in [2.05, 4.69) is 40.6 Å². The fourth-order valence-electron chi connectivity index (χ4n) is 2.36. The first-order chi connectivity index (χ1) is 10.4. The van der Waals surface area contributed by atoms with E-state index >= 15 is 0 Å². The fraction of sp³-hybridized carbons (Fsp3) is 0.235. The second kappa shape index (κ2) is 6.41. The van der Waals surface area contributed by atoms with E-state index in [-0.39, 0.29) is 0 Å². The van der Waals surface area contributed by atoms with E-state index in [0.29, 0.717) is 6.61 Å². The summed E-state index contributed by atoms with van der Waals surface area (Å²) in [5.74, 6) is 1.04. The minimum absolute atomic E-state index is 0.656. The number of hydrogen-bond donors (Lipinski definition) is 1. The van der Waals surface area contributed by atoms with E-state index in [1.807, 2.05) is 35.9 Å². The summed E-state index contributed by atoms with van der Waals surface area (Å²) in [7, 11) is 0. The molecule has 4 nitrogen and oxygen atoms in total. The van der Waals surface area contributed by atoms with Crippen LogP contribution in [0.1, 0.15) is 18.1 Å². The van der Waals surface area contributed by atoms with Crippen molar-refractivity contribution in [2.75, 3.05) is 11.9 Å². The van der Waals surface area contributed by atoms with Crippen molar-refractivity contribution >= 4 is 11.5 Å². The van der Waals surface area contributed by atoms with E-state index in [1.165, 1.54) is 11.1 Å². The molecule has 0 spiro atoms. The van der Waals surface area contributed by atoms with Gasteiger partial charge in [0.2, 0.25) is 0 Å². The molecule has 108 valence electrons. The highest BCUT2D eigenvalue weighted by molar-refractivity contribution is 5.50. The van der Waals surface area contributed by atoms with Gasteiger partial charge in [0.15, 0.2) is 0 Å². The van der Waals surface area contributed by atoms with Crippen LogP contribution >= 0.6 is 0 Å². The van der Waals surface area contributed by atoms with Crippen LogP contribution in [0.5, 0.6) is 0 Å². The molecule has 2 heterocycles. The minimum atomic E-state index is 0.656. The van der Waals surface area contributed by atoms with Gasteiger partial charge in [-0.2, -0.15) is 0 Å². The predicted octanol–water partition coefficient (Wildman–Crippen LogP) is 3.48. The van der Waals surface area contributed by atoms with E-state index in [9.17, 15) is 0 Å². The quantitative estimate of drug-likeness (QED) is 0.751. The average Bonchev–Trinajstić information content (AvgIpc) is 3.01. The second-order valence-electron chi connectivity index (χ2n) is 4.83. The summed E-state index contributed by atoms with van der Waals surface area (Å²) >= 11 is 0. The second-order valence-corrected chi connectivity index (χ2v) is 4.83. The summed E-state index contributed by atoms with van der Waals surface area (Å²) in [4.78, 5) is 4.30. The Kier molecular flexibility index (Phi) is 4.17. The molecule has 3 aromatic rings. The molecule has 4 heteroatoms. The molecule has 1 N–H and O–H groups in total. The third kappa shape index (κ3) is 3.06. The highest BCUT2D eigenvalue weighted by atomic mass is 16.5. The zero-order valence-corrected chi connectivity index (χ0v) is 12.1. The smallest absolute Gasteiger partial charge is 0.138 e. The van der Waals surface area contributed by atoms with Crippen molar-refractivity contribution in [1.29, 1.82) is 0 Å². The maximum absolute atomic E-state index is 5.53. The highest BCUT2D eigenvalue weighted by Gasteiger charge is 2.04. The molecule has 2 aromatic heterocycles. The van der Waals surface area contributed by atoms with Crippen LogP contribution in [-0.4, -0.2) is 16.0 Å². The van der Waals surface area contributed by atoms with Gasteiger partial charge in [0.25, 0.3) is 0 Å². The molecular formula is C17H19N3O. The van der Waals surface area contributed by atoms with Crippen molar-refractivity contribution in [1.82, 2.24) is 9.38 Å². The van der Waals surface area contributed by atoms with Gasteiger partial charge in [-0.05, 0) is 30.2 Å². The number of ether oxygens (including phenoxy) is 1. The Morgan fingerprint density at radius 3 is 2.81 bits per heavy atom. The number of pyridine rings is 1. The highest BCUT2D eigenvalue weighted by Crippen LogP contribution is 2.15. The lowest BCUT2D eigenvalue weighted by Crippen LogP contribution is -2.06. The number of fused-ring (bicyclic) bond motifs is 1. The van der Waals surface area contributed by atoms with Crippen molar-refractivity contribution in [3.8, 4) is 0 Å². The van der Waals surface area contributed by atoms with Crippen LogP contribution in [0, 0.1) is 0 Å². The van der Waals surface area contributed by atoms with Gasteiger partial charge in [-0.3, -0.25) is 4.40 Å². The number of anilines is 1. The average molecular weight is 281 g/mol. The molecule has 0 saturated carbocycles. The number of imidazole rings is 1. The molecule has 3 rings (SSSR count). The summed E-state index contributed by atoms with van der Waals surface area (Å²) in [6.45, 7) is 4.17. The molecule has 0 aliphatic rings. The number of rotatable bonds is 6. The standard InChI is InChI=1S/C17H19N3O/c1-2-21-13-15-7-4-3-6-14(15)12-19-17-9-5-8-16-18-10-11-20(16)17/h3-11,19H,2,12-13H2,1H3. The first-order valence-electron chi connectivity index (χ1n) is 7.19. The van der Waals surface area contributed by atoms with Crippen LogP contribution in [0.3, 0.4) is 0 Å². The number of aromatic nitrogens is 2.